The highest BCUT2D eigenvalue weighted by Gasteiger charge is 2.14. The summed E-state index contributed by atoms with van der Waals surface area (Å²) >= 11 is 0. The van der Waals surface area contributed by atoms with Crippen molar-refractivity contribution in [2.45, 2.75) is 27.7 Å². The molecule has 0 saturated heterocycles. The molecule has 0 aliphatic carbocycles. The molecule has 0 spiro atoms. The van der Waals surface area contributed by atoms with E-state index in [9.17, 15) is 9.90 Å². The molecule has 3 rings (SSSR count). The van der Waals surface area contributed by atoms with E-state index in [1.54, 1.807) is 36.4 Å². The minimum absolute atomic E-state index is 0.208. The fourth-order valence-corrected chi connectivity index (χ4v) is 1.92. The average molecular weight is 298 g/mol. The van der Waals surface area contributed by atoms with E-state index in [0.717, 1.165) is 0 Å². The first-order chi connectivity index (χ1) is 10.8. The van der Waals surface area contributed by atoms with E-state index >= 15 is 0 Å². The average Bonchev–Trinajstić information content (AvgIpc) is 2.62. The van der Waals surface area contributed by atoms with E-state index in [4.69, 9.17) is 4.42 Å². The van der Waals surface area contributed by atoms with Crippen LogP contribution in [0, 0.1) is 0 Å². The molecule has 0 bridgehead atoms. The topological polar surface area (TPSA) is 50.4 Å². The predicted molar refractivity (Wildman–Crippen MR) is 92.3 cm³/mol. The Hall–Kier alpha value is -2.55. The smallest absolute Gasteiger partial charge is 0.235 e. The van der Waals surface area contributed by atoms with Gasteiger partial charge in [0, 0.05) is 5.56 Å². The lowest BCUT2D eigenvalue weighted by atomic mass is 10.1. The van der Waals surface area contributed by atoms with E-state index in [2.05, 4.69) is 0 Å². The Bertz CT molecular complexity index is 758. The molecule has 3 heteroatoms. The fraction of sp³-hybridized carbons (Fsp3) is 0.211. The molecule has 2 aromatic carbocycles. The van der Waals surface area contributed by atoms with E-state index in [-0.39, 0.29) is 11.5 Å². The Balaban J connectivity index is 0.000000561. The molecule has 1 N–H and O–H groups in total. The van der Waals surface area contributed by atoms with Gasteiger partial charge in [0.05, 0.1) is 5.39 Å². The van der Waals surface area contributed by atoms with Crippen molar-refractivity contribution in [1.82, 2.24) is 0 Å². The highest BCUT2D eigenvalue weighted by atomic mass is 16.4. The zero-order chi connectivity index (χ0) is 16.5. The molecular weight excluding hydrogens is 276 g/mol. The molecule has 0 aliphatic rings. The number of fused-ring (bicyclic) bond motifs is 1. The first-order valence-corrected chi connectivity index (χ1v) is 7.57. The minimum Gasteiger partial charge on any atom is -0.502 e. The SMILES string of the molecule is CC.CC.O=c1c(O)c(-c2ccccc2)oc2ccccc12. The largest absolute Gasteiger partial charge is 0.502 e. The van der Waals surface area contributed by atoms with Crippen molar-refractivity contribution in [2.75, 3.05) is 0 Å². The van der Waals surface area contributed by atoms with Gasteiger partial charge in [0.15, 0.2) is 5.76 Å². The molecule has 116 valence electrons. The van der Waals surface area contributed by atoms with Crippen molar-refractivity contribution in [3.8, 4) is 17.1 Å². The summed E-state index contributed by atoms with van der Waals surface area (Å²) in [6, 6.07) is 15.9. The molecule has 0 atom stereocenters. The third kappa shape index (κ3) is 3.55. The van der Waals surface area contributed by atoms with Gasteiger partial charge in [-0.3, -0.25) is 4.79 Å². The fourth-order valence-electron chi connectivity index (χ4n) is 1.92. The van der Waals surface area contributed by atoms with Crippen molar-refractivity contribution in [3.05, 3.63) is 64.8 Å². The monoisotopic (exact) mass is 298 g/mol. The van der Waals surface area contributed by atoms with Gasteiger partial charge in [-0.1, -0.05) is 70.2 Å². The molecule has 0 unspecified atom stereocenters. The van der Waals surface area contributed by atoms with Gasteiger partial charge in [-0.25, -0.2) is 0 Å². The van der Waals surface area contributed by atoms with Gasteiger partial charge in [0.1, 0.15) is 5.58 Å². The van der Waals surface area contributed by atoms with Crippen LogP contribution in [-0.4, -0.2) is 5.11 Å². The number of hydrogen-bond acceptors (Lipinski definition) is 3. The van der Waals surface area contributed by atoms with Crippen molar-refractivity contribution in [3.63, 3.8) is 0 Å². The first-order valence-electron chi connectivity index (χ1n) is 7.57. The summed E-state index contributed by atoms with van der Waals surface area (Å²) in [5.74, 6) is -0.140. The second-order valence-corrected chi connectivity index (χ2v) is 3.97. The summed E-state index contributed by atoms with van der Waals surface area (Å²) in [5, 5.41) is 10.3. The second kappa shape index (κ2) is 8.67. The lowest BCUT2D eigenvalue weighted by molar-refractivity contribution is 0.449. The van der Waals surface area contributed by atoms with Crippen LogP contribution in [0.1, 0.15) is 27.7 Å². The molecule has 0 saturated carbocycles. The van der Waals surface area contributed by atoms with Gasteiger partial charge in [0.2, 0.25) is 11.2 Å². The van der Waals surface area contributed by atoms with Gasteiger partial charge in [-0.15, -0.1) is 0 Å². The summed E-state index contributed by atoms with van der Waals surface area (Å²) in [6.45, 7) is 8.00. The van der Waals surface area contributed by atoms with Crippen LogP contribution in [-0.2, 0) is 0 Å². The number of hydrogen-bond donors (Lipinski definition) is 1. The van der Waals surface area contributed by atoms with Gasteiger partial charge in [0.25, 0.3) is 0 Å². The summed E-state index contributed by atoms with van der Waals surface area (Å²) in [6.07, 6.45) is 0. The molecule has 0 radical (unpaired) electrons. The van der Waals surface area contributed by atoms with Crippen molar-refractivity contribution in [1.29, 1.82) is 0 Å². The summed E-state index contributed by atoms with van der Waals surface area (Å²) in [7, 11) is 0. The molecule has 3 nitrogen and oxygen atoms in total. The van der Waals surface area contributed by atoms with E-state index < -0.39 is 5.43 Å². The van der Waals surface area contributed by atoms with Crippen LogP contribution in [0.5, 0.6) is 5.75 Å². The van der Waals surface area contributed by atoms with E-state index in [1.165, 1.54) is 0 Å². The zero-order valence-electron chi connectivity index (χ0n) is 13.5. The van der Waals surface area contributed by atoms with Crippen LogP contribution < -0.4 is 5.43 Å². The van der Waals surface area contributed by atoms with Crippen molar-refractivity contribution < 1.29 is 9.52 Å². The standard InChI is InChI=1S/C15H10O3.2C2H6/c16-13-11-8-4-5-9-12(11)18-15(14(13)17)10-6-2-1-3-7-10;2*1-2/h1-9,17H;2*1-2H3. The van der Waals surface area contributed by atoms with Crippen LogP contribution >= 0.6 is 0 Å². The van der Waals surface area contributed by atoms with Crippen LogP contribution in [0.15, 0.2) is 63.8 Å². The molecule has 3 aromatic rings. The number of benzene rings is 2. The first kappa shape index (κ1) is 17.5. The summed E-state index contributed by atoms with van der Waals surface area (Å²) in [4.78, 5) is 12.0. The number of aromatic hydroxyl groups is 1. The van der Waals surface area contributed by atoms with Crippen LogP contribution in [0.4, 0.5) is 0 Å². The lowest BCUT2D eigenvalue weighted by Crippen LogP contribution is -2.02. The maximum atomic E-state index is 12.0. The number of para-hydroxylation sites is 1. The van der Waals surface area contributed by atoms with E-state index in [0.29, 0.717) is 16.5 Å². The zero-order valence-corrected chi connectivity index (χ0v) is 13.5. The summed E-state index contributed by atoms with van der Waals surface area (Å²) in [5.41, 5.74) is 0.743. The quantitative estimate of drug-likeness (QED) is 0.670. The maximum absolute atomic E-state index is 12.0. The lowest BCUT2D eigenvalue weighted by Gasteiger charge is -2.05. The Morgan fingerprint density at radius 1 is 0.818 bits per heavy atom. The van der Waals surface area contributed by atoms with Crippen LogP contribution in [0.25, 0.3) is 22.3 Å². The molecule has 1 heterocycles. The third-order valence-corrected chi connectivity index (χ3v) is 2.81. The normalized spacial score (nSPS) is 9.27. The maximum Gasteiger partial charge on any atom is 0.235 e. The Morgan fingerprint density at radius 3 is 2.00 bits per heavy atom. The third-order valence-electron chi connectivity index (χ3n) is 2.81. The predicted octanol–water partition coefficient (Wildman–Crippen LogP) is 5.22. The van der Waals surface area contributed by atoms with Crippen LogP contribution in [0.3, 0.4) is 0 Å². The minimum atomic E-state index is -0.407. The molecule has 0 fully saturated rings. The molecule has 1 aromatic heterocycles. The molecular formula is C19H22O3. The van der Waals surface area contributed by atoms with Gasteiger partial charge < -0.3 is 9.52 Å². The van der Waals surface area contributed by atoms with Gasteiger partial charge >= 0.3 is 0 Å². The van der Waals surface area contributed by atoms with Crippen molar-refractivity contribution in [2.24, 2.45) is 0 Å². The Labute approximate surface area is 130 Å². The molecule has 22 heavy (non-hydrogen) atoms. The highest BCUT2D eigenvalue weighted by Crippen LogP contribution is 2.29. The summed E-state index contributed by atoms with van der Waals surface area (Å²) < 4.78 is 5.61. The molecule has 0 aliphatic heterocycles. The molecule has 0 amide bonds. The second-order valence-electron chi connectivity index (χ2n) is 3.97. The van der Waals surface area contributed by atoms with Crippen LogP contribution in [0.2, 0.25) is 0 Å². The van der Waals surface area contributed by atoms with Gasteiger partial charge in [-0.05, 0) is 12.1 Å². The highest BCUT2D eigenvalue weighted by molar-refractivity contribution is 5.81. The van der Waals surface area contributed by atoms with Gasteiger partial charge in [-0.2, -0.15) is 0 Å². The van der Waals surface area contributed by atoms with E-state index in [1.807, 2.05) is 45.9 Å². The van der Waals surface area contributed by atoms with Crippen molar-refractivity contribution >= 4 is 11.0 Å². The Kier molecular flexibility index (Phi) is 6.90. The Morgan fingerprint density at radius 2 is 1.36 bits per heavy atom. The number of rotatable bonds is 1.